The molecule has 2 rings (SSSR count). The maximum absolute atomic E-state index is 5.27. The molecule has 2 aromatic heterocycles. The lowest BCUT2D eigenvalue weighted by molar-refractivity contribution is 0.809. The van der Waals surface area contributed by atoms with Gasteiger partial charge in [-0.15, -0.1) is 10.2 Å². The molecule has 2 aromatic rings. The molecule has 2 heterocycles. The summed E-state index contributed by atoms with van der Waals surface area (Å²) in [5, 5.41) is 10.9. The van der Waals surface area contributed by atoms with Crippen molar-refractivity contribution >= 4 is 11.8 Å². The predicted octanol–water partition coefficient (Wildman–Crippen LogP) is -0.189. The van der Waals surface area contributed by atoms with Crippen LogP contribution in [0, 0.1) is 6.92 Å². The fourth-order valence-electron chi connectivity index (χ4n) is 1.36. The van der Waals surface area contributed by atoms with Crippen LogP contribution in [0.5, 0.6) is 0 Å². The molecule has 0 saturated heterocycles. The maximum Gasteiger partial charge on any atom is 0.239 e. The van der Waals surface area contributed by atoms with E-state index < -0.39 is 0 Å². The number of nitrogens with one attached hydrogen (secondary N) is 2. The highest BCUT2D eigenvalue weighted by molar-refractivity contribution is 5.41. The molecule has 0 bridgehead atoms. The summed E-state index contributed by atoms with van der Waals surface area (Å²) >= 11 is 0. The van der Waals surface area contributed by atoms with Gasteiger partial charge < -0.3 is 9.88 Å². The Hall–Kier alpha value is -2.22. The van der Waals surface area contributed by atoms with Gasteiger partial charge in [0.25, 0.3) is 0 Å². The Bertz CT molecular complexity index is 505. The third kappa shape index (κ3) is 2.67. The molecule has 0 aliphatic heterocycles. The van der Waals surface area contributed by atoms with Crippen LogP contribution in [0.4, 0.5) is 11.8 Å². The Morgan fingerprint density at radius 1 is 1.41 bits per heavy atom. The van der Waals surface area contributed by atoms with Crippen LogP contribution in [0.2, 0.25) is 0 Å². The quantitative estimate of drug-likeness (QED) is 0.497. The molecule has 8 heteroatoms. The fourth-order valence-corrected chi connectivity index (χ4v) is 1.36. The van der Waals surface area contributed by atoms with Crippen molar-refractivity contribution in [2.75, 3.05) is 10.7 Å². The van der Waals surface area contributed by atoms with Crippen LogP contribution in [-0.4, -0.2) is 24.7 Å². The Morgan fingerprint density at radius 3 is 2.88 bits per heavy atom. The zero-order chi connectivity index (χ0) is 12.3. The van der Waals surface area contributed by atoms with Crippen LogP contribution < -0.4 is 16.6 Å². The van der Waals surface area contributed by atoms with Crippen molar-refractivity contribution in [1.82, 2.24) is 24.7 Å². The molecule has 8 nitrogen and oxygen atoms in total. The van der Waals surface area contributed by atoms with E-state index in [4.69, 9.17) is 5.84 Å². The van der Waals surface area contributed by atoms with E-state index in [1.807, 2.05) is 24.6 Å². The predicted molar refractivity (Wildman–Crippen MR) is 62.9 cm³/mol. The van der Waals surface area contributed by atoms with Gasteiger partial charge in [0.1, 0.15) is 12.1 Å². The Morgan fingerprint density at radius 2 is 2.24 bits per heavy atom. The summed E-state index contributed by atoms with van der Waals surface area (Å²) in [7, 11) is 1.88. The first kappa shape index (κ1) is 11.3. The molecule has 0 unspecified atom stereocenters. The van der Waals surface area contributed by atoms with Crippen LogP contribution in [0.25, 0.3) is 0 Å². The molecule has 0 atom stereocenters. The number of aromatic nitrogens is 5. The van der Waals surface area contributed by atoms with Crippen molar-refractivity contribution in [3.63, 3.8) is 0 Å². The number of hydrazine groups is 1. The lowest BCUT2D eigenvalue weighted by Gasteiger charge is -2.07. The van der Waals surface area contributed by atoms with Crippen molar-refractivity contribution < 1.29 is 0 Å². The summed E-state index contributed by atoms with van der Waals surface area (Å²) in [6, 6.07) is 1.83. The van der Waals surface area contributed by atoms with E-state index in [9.17, 15) is 0 Å². The molecule has 0 aromatic carbocycles. The normalized spacial score (nSPS) is 10.3. The van der Waals surface area contributed by atoms with Gasteiger partial charge in [-0.05, 0) is 6.92 Å². The topological polar surface area (TPSA) is 107 Å². The lowest BCUT2D eigenvalue weighted by Crippen LogP contribution is -2.13. The molecule has 90 valence electrons. The van der Waals surface area contributed by atoms with Crippen LogP contribution in [-0.2, 0) is 13.6 Å². The SMILES string of the molecule is Cc1cc(NCc2nncn2C)nc(NN)n1. The zero-order valence-corrected chi connectivity index (χ0v) is 9.68. The van der Waals surface area contributed by atoms with Gasteiger partial charge >= 0.3 is 0 Å². The van der Waals surface area contributed by atoms with Gasteiger partial charge in [0, 0.05) is 18.8 Å². The number of nitrogens with zero attached hydrogens (tertiary/aromatic N) is 5. The first-order valence-corrected chi connectivity index (χ1v) is 5.08. The second-order valence-electron chi connectivity index (χ2n) is 3.57. The molecule has 17 heavy (non-hydrogen) atoms. The fraction of sp³-hybridized carbons (Fsp3) is 0.333. The summed E-state index contributed by atoms with van der Waals surface area (Å²) < 4.78 is 1.84. The van der Waals surface area contributed by atoms with Gasteiger partial charge in [-0.3, -0.25) is 5.43 Å². The Labute approximate surface area is 98.3 Å². The van der Waals surface area contributed by atoms with Crippen molar-refractivity contribution in [3.8, 4) is 0 Å². The van der Waals surface area contributed by atoms with Gasteiger partial charge in [-0.25, -0.2) is 10.8 Å². The summed E-state index contributed by atoms with van der Waals surface area (Å²) in [6.45, 7) is 2.41. The minimum Gasteiger partial charge on any atom is -0.363 e. The van der Waals surface area contributed by atoms with Gasteiger partial charge in [-0.2, -0.15) is 4.98 Å². The number of nitrogens with two attached hydrogens (primary N) is 1. The van der Waals surface area contributed by atoms with Gasteiger partial charge in [-0.1, -0.05) is 0 Å². The number of hydrogen-bond acceptors (Lipinski definition) is 7. The highest BCUT2D eigenvalue weighted by Crippen LogP contribution is 2.09. The van der Waals surface area contributed by atoms with Crippen molar-refractivity contribution in [2.45, 2.75) is 13.5 Å². The Kier molecular flexibility index (Phi) is 3.15. The van der Waals surface area contributed by atoms with E-state index in [2.05, 4.69) is 30.9 Å². The zero-order valence-electron chi connectivity index (χ0n) is 9.68. The van der Waals surface area contributed by atoms with E-state index in [0.717, 1.165) is 11.5 Å². The van der Waals surface area contributed by atoms with Crippen LogP contribution >= 0.6 is 0 Å². The van der Waals surface area contributed by atoms with Crippen LogP contribution in [0.1, 0.15) is 11.5 Å². The second-order valence-corrected chi connectivity index (χ2v) is 3.57. The number of nitrogen functional groups attached to an aromatic ring is 1. The summed E-state index contributed by atoms with van der Waals surface area (Å²) in [6.07, 6.45) is 1.65. The van der Waals surface area contributed by atoms with E-state index in [1.54, 1.807) is 6.33 Å². The third-order valence-corrected chi connectivity index (χ3v) is 2.22. The van der Waals surface area contributed by atoms with Gasteiger partial charge in [0.2, 0.25) is 5.95 Å². The second kappa shape index (κ2) is 4.74. The largest absolute Gasteiger partial charge is 0.363 e. The third-order valence-electron chi connectivity index (χ3n) is 2.22. The van der Waals surface area contributed by atoms with E-state index in [0.29, 0.717) is 18.3 Å². The monoisotopic (exact) mass is 234 g/mol. The van der Waals surface area contributed by atoms with E-state index >= 15 is 0 Å². The molecule has 0 saturated carbocycles. The first-order chi connectivity index (χ1) is 8.19. The average Bonchev–Trinajstić information content (AvgIpc) is 2.71. The molecule has 0 amide bonds. The molecule has 0 fully saturated rings. The molecular formula is C9H14N8. The summed E-state index contributed by atoms with van der Waals surface area (Å²) in [4.78, 5) is 8.26. The number of aryl methyl sites for hydroxylation is 2. The maximum atomic E-state index is 5.27. The number of anilines is 2. The molecule has 4 N–H and O–H groups in total. The number of hydrogen-bond donors (Lipinski definition) is 3. The molecule has 0 spiro atoms. The van der Waals surface area contributed by atoms with Crippen LogP contribution in [0.3, 0.4) is 0 Å². The first-order valence-electron chi connectivity index (χ1n) is 5.08. The average molecular weight is 234 g/mol. The lowest BCUT2D eigenvalue weighted by atomic mass is 10.4. The van der Waals surface area contributed by atoms with Crippen molar-refractivity contribution in [2.24, 2.45) is 12.9 Å². The summed E-state index contributed by atoms with van der Waals surface area (Å²) in [5.41, 5.74) is 3.24. The minimum absolute atomic E-state index is 0.380. The van der Waals surface area contributed by atoms with Gasteiger partial charge in [0.15, 0.2) is 5.82 Å². The minimum atomic E-state index is 0.380. The van der Waals surface area contributed by atoms with E-state index in [1.165, 1.54) is 0 Å². The molecular weight excluding hydrogens is 220 g/mol. The highest BCUT2D eigenvalue weighted by Gasteiger charge is 2.03. The highest BCUT2D eigenvalue weighted by atomic mass is 15.3. The van der Waals surface area contributed by atoms with Crippen molar-refractivity contribution in [1.29, 1.82) is 0 Å². The smallest absolute Gasteiger partial charge is 0.239 e. The molecule has 0 aliphatic carbocycles. The van der Waals surface area contributed by atoms with Gasteiger partial charge in [0.05, 0.1) is 6.54 Å². The standard InChI is InChI=1S/C9H14N8/c1-6-3-7(14-9(13-6)15-10)11-4-8-16-12-5-17(8)2/h3,5H,4,10H2,1-2H3,(H2,11,13,14,15). The van der Waals surface area contributed by atoms with Crippen LogP contribution in [0.15, 0.2) is 12.4 Å². The molecule has 0 radical (unpaired) electrons. The molecule has 0 aliphatic rings. The number of rotatable bonds is 4. The summed E-state index contributed by atoms with van der Waals surface area (Å²) in [5.74, 6) is 7.16. The van der Waals surface area contributed by atoms with Crippen molar-refractivity contribution in [3.05, 3.63) is 23.9 Å². The Balaban J connectivity index is 2.09. The van der Waals surface area contributed by atoms with E-state index in [-0.39, 0.29) is 0 Å².